The maximum absolute atomic E-state index is 12.3. The van der Waals surface area contributed by atoms with Crippen molar-refractivity contribution in [2.75, 3.05) is 0 Å². The second-order valence-corrected chi connectivity index (χ2v) is 8.02. The Morgan fingerprint density at radius 1 is 1.29 bits per heavy atom. The lowest BCUT2D eigenvalue weighted by Crippen LogP contribution is -2.37. The molecule has 1 N–H and O–H groups in total. The Kier molecular flexibility index (Phi) is 4.40. The van der Waals surface area contributed by atoms with Crippen LogP contribution in [0.2, 0.25) is 0 Å². The monoisotopic (exact) mass is 320 g/mol. The highest BCUT2D eigenvalue weighted by Crippen LogP contribution is 2.30. The van der Waals surface area contributed by atoms with Gasteiger partial charge < -0.3 is 5.32 Å². The number of hydrogen-bond acceptors (Lipinski definition) is 4. The quantitative estimate of drug-likeness (QED) is 0.905. The summed E-state index contributed by atoms with van der Waals surface area (Å²) in [5.74, 6) is 0.774. The molecule has 0 aliphatic heterocycles. The normalized spacial score (nSPS) is 22.2. The minimum atomic E-state index is -0.0228. The van der Waals surface area contributed by atoms with E-state index < -0.39 is 0 Å². The molecule has 1 aliphatic rings. The molecule has 0 aromatic carbocycles. The first-order valence-electron chi connectivity index (χ1n) is 7.45. The fourth-order valence-corrected chi connectivity index (χ4v) is 4.44. The van der Waals surface area contributed by atoms with Gasteiger partial charge in [-0.2, -0.15) is 0 Å². The highest BCUT2D eigenvalue weighted by molar-refractivity contribution is 7.21. The van der Waals surface area contributed by atoms with Crippen LogP contribution in [0.4, 0.5) is 0 Å². The summed E-state index contributed by atoms with van der Waals surface area (Å²) in [4.78, 5) is 19.2. The lowest BCUT2D eigenvalue weighted by atomic mass is 9.87. The zero-order valence-electron chi connectivity index (χ0n) is 12.4. The second kappa shape index (κ2) is 6.28. The molecule has 0 radical (unpaired) electrons. The van der Waals surface area contributed by atoms with Crippen LogP contribution >= 0.6 is 22.7 Å². The smallest absolute Gasteiger partial charge is 0.270 e. The van der Waals surface area contributed by atoms with Crippen LogP contribution in [0, 0.1) is 12.8 Å². The molecule has 21 heavy (non-hydrogen) atoms. The largest absolute Gasteiger partial charge is 0.348 e. The second-order valence-electron chi connectivity index (χ2n) is 5.88. The van der Waals surface area contributed by atoms with E-state index in [1.807, 2.05) is 5.38 Å². The fourth-order valence-electron chi connectivity index (χ4n) is 2.70. The Hall–Kier alpha value is -1.20. The van der Waals surface area contributed by atoms with E-state index in [-0.39, 0.29) is 5.91 Å². The number of aryl methyl sites for hydroxylation is 1. The Morgan fingerprint density at radius 2 is 2.05 bits per heavy atom. The molecule has 2 heterocycles. The average Bonchev–Trinajstić information content (AvgIpc) is 3.10. The summed E-state index contributed by atoms with van der Waals surface area (Å²) < 4.78 is 0. The van der Waals surface area contributed by atoms with Gasteiger partial charge >= 0.3 is 0 Å². The van der Waals surface area contributed by atoms with Crippen LogP contribution in [0.5, 0.6) is 0 Å². The number of hydrogen-bond donors (Lipinski definition) is 1. The van der Waals surface area contributed by atoms with E-state index in [1.54, 1.807) is 22.7 Å². The van der Waals surface area contributed by atoms with E-state index in [2.05, 4.69) is 36.3 Å². The van der Waals surface area contributed by atoms with E-state index >= 15 is 0 Å². The first-order valence-corrected chi connectivity index (χ1v) is 9.14. The van der Waals surface area contributed by atoms with Gasteiger partial charge in [0.25, 0.3) is 5.91 Å². The van der Waals surface area contributed by atoms with Crippen molar-refractivity contribution in [2.45, 2.75) is 45.6 Å². The van der Waals surface area contributed by atoms with Crippen molar-refractivity contribution in [1.29, 1.82) is 0 Å². The first kappa shape index (κ1) is 14.7. The summed E-state index contributed by atoms with van der Waals surface area (Å²) in [6.45, 7) is 4.37. The highest BCUT2D eigenvalue weighted by Gasteiger charge is 2.21. The topological polar surface area (TPSA) is 42.0 Å². The number of aromatic nitrogens is 1. The summed E-state index contributed by atoms with van der Waals surface area (Å²) in [5.41, 5.74) is 0.555. The van der Waals surface area contributed by atoms with Gasteiger partial charge in [0.2, 0.25) is 0 Å². The number of nitrogens with one attached hydrogen (secondary N) is 1. The van der Waals surface area contributed by atoms with Crippen molar-refractivity contribution in [2.24, 2.45) is 5.92 Å². The van der Waals surface area contributed by atoms with Crippen LogP contribution in [0.1, 0.15) is 48.0 Å². The zero-order chi connectivity index (χ0) is 14.8. The molecule has 1 saturated carbocycles. The van der Waals surface area contributed by atoms with Crippen molar-refractivity contribution >= 4 is 28.6 Å². The maximum atomic E-state index is 12.3. The van der Waals surface area contributed by atoms with Gasteiger partial charge in [-0.05, 0) is 50.7 Å². The number of nitrogens with zero attached hydrogens (tertiary/aromatic N) is 1. The summed E-state index contributed by atoms with van der Waals surface area (Å²) in [6.07, 6.45) is 4.60. The maximum Gasteiger partial charge on any atom is 0.270 e. The minimum Gasteiger partial charge on any atom is -0.348 e. The molecule has 3 nitrogen and oxygen atoms in total. The lowest BCUT2D eigenvalue weighted by molar-refractivity contribution is 0.0918. The third kappa shape index (κ3) is 3.52. The Morgan fingerprint density at radius 3 is 2.71 bits per heavy atom. The molecule has 3 rings (SSSR count). The molecular weight excluding hydrogens is 300 g/mol. The number of carbonyl (C=O) groups is 1. The molecule has 0 atom stereocenters. The van der Waals surface area contributed by atoms with Crippen LogP contribution in [0.3, 0.4) is 0 Å². The summed E-state index contributed by atoms with van der Waals surface area (Å²) in [6, 6.07) is 4.48. The molecule has 5 heteroatoms. The van der Waals surface area contributed by atoms with Gasteiger partial charge in [-0.15, -0.1) is 22.7 Å². The van der Waals surface area contributed by atoms with Crippen molar-refractivity contribution in [3.63, 3.8) is 0 Å². The van der Waals surface area contributed by atoms with Gasteiger partial charge in [0.05, 0.1) is 4.88 Å². The Bertz CT molecular complexity index is 624. The standard InChI is InChI=1S/C16H20N2OS2/c1-10-3-6-12(7-4-10)17-15(19)13-9-20-16(18-13)14-8-5-11(2)21-14/h5,8-10,12H,3-4,6-7H2,1-2H3,(H,17,19). The van der Waals surface area contributed by atoms with Crippen LogP contribution in [-0.4, -0.2) is 16.9 Å². The number of rotatable bonds is 3. The SMILES string of the molecule is Cc1ccc(-c2nc(C(=O)NC3CCC(C)CC3)cs2)s1. The molecule has 112 valence electrons. The molecule has 0 spiro atoms. The van der Waals surface area contributed by atoms with E-state index in [9.17, 15) is 4.79 Å². The first-order chi connectivity index (χ1) is 10.1. The van der Waals surface area contributed by atoms with Gasteiger partial charge in [-0.3, -0.25) is 4.79 Å². The predicted molar refractivity (Wildman–Crippen MR) is 89.1 cm³/mol. The average molecular weight is 320 g/mol. The molecular formula is C16H20N2OS2. The van der Waals surface area contributed by atoms with Crippen molar-refractivity contribution in [3.8, 4) is 9.88 Å². The van der Waals surface area contributed by atoms with Crippen molar-refractivity contribution in [3.05, 3.63) is 28.1 Å². The Balaban J connectivity index is 1.64. The van der Waals surface area contributed by atoms with Gasteiger partial charge in [0.1, 0.15) is 10.7 Å². The number of carbonyl (C=O) groups excluding carboxylic acids is 1. The Labute approximate surface area is 133 Å². The molecule has 0 unspecified atom stereocenters. The van der Waals surface area contributed by atoms with E-state index in [0.717, 1.165) is 28.6 Å². The molecule has 1 aliphatic carbocycles. The fraction of sp³-hybridized carbons (Fsp3) is 0.500. The van der Waals surface area contributed by atoms with Crippen LogP contribution in [-0.2, 0) is 0 Å². The van der Waals surface area contributed by atoms with Crippen LogP contribution in [0.25, 0.3) is 9.88 Å². The summed E-state index contributed by atoms with van der Waals surface area (Å²) in [5, 5.41) is 5.94. The molecule has 0 bridgehead atoms. The summed E-state index contributed by atoms with van der Waals surface area (Å²) in [7, 11) is 0. The number of thiophene rings is 1. The molecule has 1 fully saturated rings. The van der Waals surface area contributed by atoms with E-state index in [0.29, 0.717) is 11.7 Å². The van der Waals surface area contributed by atoms with Crippen LogP contribution in [0.15, 0.2) is 17.5 Å². The van der Waals surface area contributed by atoms with Gasteiger partial charge in [0, 0.05) is 16.3 Å². The van der Waals surface area contributed by atoms with Crippen molar-refractivity contribution in [1.82, 2.24) is 10.3 Å². The molecule has 0 saturated heterocycles. The number of amides is 1. The zero-order valence-corrected chi connectivity index (χ0v) is 14.0. The number of thiazole rings is 1. The third-order valence-corrected chi connectivity index (χ3v) is 6.05. The third-order valence-electron chi connectivity index (χ3n) is 4.04. The van der Waals surface area contributed by atoms with Gasteiger partial charge in [0.15, 0.2) is 0 Å². The van der Waals surface area contributed by atoms with Crippen LogP contribution < -0.4 is 5.32 Å². The molecule has 2 aromatic rings. The van der Waals surface area contributed by atoms with Gasteiger partial charge in [-0.25, -0.2) is 4.98 Å². The molecule has 1 amide bonds. The predicted octanol–water partition coefficient (Wildman–Crippen LogP) is 4.49. The molecule has 2 aromatic heterocycles. The van der Waals surface area contributed by atoms with Crippen molar-refractivity contribution < 1.29 is 4.79 Å². The van der Waals surface area contributed by atoms with E-state index in [1.165, 1.54) is 17.7 Å². The van der Waals surface area contributed by atoms with E-state index in [4.69, 9.17) is 0 Å². The minimum absolute atomic E-state index is 0.0228. The van der Waals surface area contributed by atoms with Gasteiger partial charge in [-0.1, -0.05) is 6.92 Å². The highest BCUT2D eigenvalue weighted by atomic mass is 32.1. The summed E-state index contributed by atoms with van der Waals surface area (Å²) >= 11 is 3.26. The lowest BCUT2D eigenvalue weighted by Gasteiger charge is -2.26.